The zero-order valence-corrected chi connectivity index (χ0v) is 9.03. The molecule has 0 aromatic rings. The summed E-state index contributed by atoms with van der Waals surface area (Å²) in [6.45, 7) is 0.969. The fourth-order valence-corrected chi connectivity index (χ4v) is 3.10. The number of halogens is 3. The molecule has 2 saturated carbocycles. The maximum atomic E-state index is 12.4. The molecule has 2 rings (SSSR count). The van der Waals surface area contributed by atoms with Crippen LogP contribution in [0.1, 0.15) is 32.1 Å². The van der Waals surface area contributed by atoms with Gasteiger partial charge in [0.2, 0.25) is 0 Å². The van der Waals surface area contributed by atoms with Gasteiger partial charge in [-0.05, 0) is 57.0 Å². The van der Waals surface area contributed by atoms with Crippen molar-refractivity contribution in [3.8, 4) is 0 Å². The van der Waals surface area contributed by atoms with E-state index in [0.29, 0.717) is 18.8 Å². The topological polar surface area (TPSA) is 12.0 Å². The van der Waals surface area contributed by atoms with E-state index in [2.05, 4.69) is 5.32 Å². The number of hydrogen-bond acceptors (Lipinski definition) is 1. The third-order valence-corrected chi connectivity index (χ3v) is 4.25. The second-order valence-corrected chi connectivity index (χ2v) is 5.14. The van der Waals surface area contributed by atoms with Gasteiger partial charge in [0, 0.05) is 0 Å². The number of nitrogens with one attached hydrogen (secondary N) is 1. The van der Waals surface area contributed by atoms with Crippen LogP contribution < -0.4 is 5.32 Å². The zero-order valence-electron chi connectivity index (χ0n) is 9.03. The largest absolute Gasteiger partial charge is 0.391 e. The summed E-state index contributed by atoms with van der Waals surface area (Å²) in [4.78, 5) is 0. The fourth-order valence-electron chi connectivity index (χ4n) is 3.10. The van der Waals surface area contributed by atoms with E-state index in [4.69, 9.17) is 0 Å². The van der Waals surface area contributed by atoms with Crippen LogP contribution in [0.5, 0.6) is 0 Å². The van der Waals surface area contributed by atoms with Gasteiger partial charge in [-0.25, -0.2) is 0 Å². The number of alkyl halides is 3. The first-order valence-corrected chi connectivity index (χ1v) is 5.69. The molecule has 0 aromatic heterocycles. The molecule has 1 N–H and O–H groups in total. The van der Waals surface area contributed by atoms with Crippen molar-refractivity contribution < 1.29 is 13.2 Å². The summed E-state index contributed by atoms with van der Waals surface area (Å²) < 4.78 is 37.3. The van der Waals surface area contributed by atoms with Crippen LogP contribution in [0.2, 0.25) is 0 Å². The maximum absolute atomic E-state index is 12.4. The summed E-state index contributed by atoms with van der Waals surface area (Å²) in [7, 11) is 1.91. The van der Waals surface area contributed by atoms with Gasteiger partial charge in [-0.1, -0.05) is 0 Å². The van der Waals surface area contributed by atoms with Gasteiger partial charge >= 0.3 is 6.18 Å². The normalized spacial score (nSPS) is 40.8. The Bertz CT molecular complexity index is 228. The summed E-state index contributed by atoms with van der Waals surface area (Å²) in [6, 6.07) is 0. The third-order valence-electron chi connectivity index (χ3n) is 4.25. The van der Waals surface area contributed by atoms with Crippen molar-refractivity contribution in [2.75, 3.05) is 13.6 Å². The summed E-state index contributed by atoms with van der Waals surface area (Å²) in [6.07, 6.45) is -0.562. The molecular weight excluding hydrogens is 203 g/mol. The molecule has 2 aliphatic rings. The van der Waals surface area contributed by atoms with E-state index in [0.717, 1.165) is 25.8 Å². The smallest absolute Gasteiger partial charge is 0.319 e. The van der Waals surface area contributed by atoms with E-state index in [9.17, 15) is 13.2 Å². The van der Waals surface area contributed by atoms with Crippen LogP contribution in [0.4, 0.5) is 13.2 Å². The molecule has 0 amide bonds. The molecule has 0 heterocycles. The van der Waals surface area contributed by atoms with Gasteiger partial charge in [-0.2, -0.15) is 13.2 Å². The van der Waals surface area contributed by atoms with E-state index in [1.54, 1.807) is 0 Å². The SMILES string of the molecule is CNCC1CC12CCC(C(F)(F)F)CC2. The van der Waals surface area contributed by atoms with Crippen LogP contribution in [0.3, 0.4) is 0 Å². The number of hydrogen-bond donors (Lipinski definition) is 1. The molecule has 1 spiro atoms. The summed E-state index contributed by atoms with van der Waals surface area (Å²) >= 11 is 0. The van der Waals surface area contributed by atoms with Crippen LogP contribution in [0.15, 0.2) is 0 Å². The molecule has 1 unspecified atom stereocenters. The van der Waals surface area contributed by atoms with E-state index >= 15 is 0 Å². The molecule has 4 heteroatoms. The van der Waals surface area contributed by atoms with Crippen molar-refractivity contribution in [1.29, 1.82) is 0 Å². The monoisotopic (exact) mass is 221 g/mol. The van der Waals surface area contributed by atoms with Crippen molar-refractivity contribution >= 4 is 0 Å². The molecule has 1 nitrogen and oxygen atoms in total. The van der Waals surface area contributed by atoms with Crippen LogP contribution in [0.25, 0.3) is 0 Å². The van der Waals surface area contributed by atoms with Crippen molar-refractivity contribution in [3.63, 3.8) is 0 Å². The Morgan fingerprint density at radius 1 is 1.27 bits per heavy atom. The highest BCUT2D eigenvalue weighted by atomic mass is 19.4. The van der Waals surface area contributed by atoms with Crippen molar-refractivity contribution in [2.45, 2.75) is 38.3 Å². The molecule has 88 valence electrons. The van der Waals surface area contributed by atoms with Crippen molar-refractivity contribution in [3.05, 3.63) is 0 Å². The molecular formula is C11H18F3N. The quantitative estimate of drug-likeness (QED) is 0.756. The van der Waals surface area contributed by atoms with Crippen LogP contribution in [0, 0.1) is 17.3 Å². The van der Waals surface area contributed by atoms with Gasteiger partial charge in [0.1, 0.15) is 0 Å². The first kappa shape index (κ1) is 11.2. The highest BCUT2D eigenvalue weighted by Crippen LogP contribution is 2.62. The first-order chi connectivity index (χ1) is 6.98. The predicted octanol–water partition coefficient (Wildman–Crippen LogP) is 2.96. The minimum atomic E-state index is -3.96. The Morgan fingerprint density at radius 3 is 2.33 bits per heavy atom. The van der Waals surface area contributed by atoms with Crippen molar-refractivity contribution in [1.82, 2.24) is 5.32 Å². The Labute approximate surface area is 88.4 Å². The standard InChI is InChI=1S/C11H18F3N/c1-15-7-9-6-10(9)4-2-8(3-5-10)11(12,13)14/h8-9,15H,2-7H2,1H3. The summed E-state index contributed by atoms with van der Waals surface area (Å²) in [5.74, 6) is -0.393. The molecule has 2 aliphatic carbocycles. The van der Waals surface area contributed by atoms with Crippen molar-refractivity contribution in [2.24, 2.45) is 17.3 Å². The molecule has 0 aliphatic heterocycles. The Kier molecular flexibility index (Phi) is 2.73. The number of rotatable bonds is 2. The van der Waals surface area contributed by atoms with E-state index in [1.165, 1.54) is 0 Å². The highest BCUT2D eigenvalue weighted by molar-refractivity contribution is 5.05. The van der Waals surface area contributed by atoms with E-state index in [-0.39, 0.29) is 5.41 Å². The molecule has 0 saturated heterocycles. The van der Waals surface area contributed by atoms with E-state index < -0.39 is 12.1 Å². The molecule has 0 bridgehead atoms. The predicted molar refractivity (Wildman–Crippen MR) is 52.5 cm³/mol. The molecule has 15 heavy (non-hydrogen) atoms. The Morgan fingerprint density at radius 2 is 1.87 bits per heavy atom. The summed E-state index contributed by atoms with van der Waals surface area (Å²) in [5.41, 5.74) is 0.283. The highest BCUT2D eigenvalue weighted by Gasteiger charge is 2.56. The van der Waals surface area contributed by atoms with Gasteiger partial charge < -0.3 is 5.32 Å². The Hall–Kier alpha value is -0.250. The van der Waals surface area contributed by atoms with Gasteiger partial charge in [0.25, 0.3) is 0 Å². The lowest BCUT2D eigenvalue weighted by Crippen LogP contribution is -2.29. The first-order valence-electron chi connectivity index (χ1n) is 5.69. The van der Waals surface area contributed by atoms with Gasteiger partial charge in [0.15, 0.2) is 0 Å². The lowest BCUT2D eigenvalue weighted by atomic mass is 9.78. The maximum Gasteiger partial charge on any atom is 0.391 e. The van der Waals surface area contributed by atoms with E-state index in [1.807, 2.05) is 7.05 Å². The molecule has 2 fully saturated rings. The molecule has 0 radical (unpaired) electrons. The second-order valence-electron chi connectivity index (χ2n) is 5.14. The van der Waals surface area contributed by atoms with Gasteiger partial charge in [0.05, 0.1) is 5.92 Å². The average molecular weight is 221 g/mol. The minimum Gasteiger partial charge on any atom is -0.319 e. The molecule has 1 atom stereocenters. The average Bonchev–Trinajstić information content (AvgIpc) is 2.78. The minimum absolute atomic E-state index is 0.283. The van der Waals surface area contributed by atoms with Crippen LogP contribution in [-0.2, 0) is 0 Å². The lowest BCUT2D eigenvalue weighted by Gasteiger charge is -2.30. The summed E-state index contributed by atoms with van der Waals surface area (Å²) in [5, 5.41) is 3.12. The van der Waals surface area contributed by atoms with Crippen LogP contribution >= 0.6 is 0 Å². The van der Waals surface area contributed by atoms with Crippen LogP contribution in [-0.4, -0.2) is 19.8 Å². The molecule has 0 aromatic carbocycles. The Balaban J connectivity index is 1.84. The lowest BCUT2D eigenvalue weighted by molar-refractivity contribution is -0.185. The zero-order chi connectivity index (χ0) is 11.1. The fraction of sp³-hybridized carbons (Fsp3) is 1.00. The van der Waals surface area contributed by atoms with Gasteiger partial charge in [-0.3, -0.25) is 0 Å². The third kappa shape index (κ3) is 2.14. The second kappa shape index (κ2) is 3.65. The van der Waals surface area contributed by atoms with Gasteiger partial charge in [-0.15, -0.1) is 0 Å².